The SMILES string of the molecule is CCOc1ccc2[nH]c(C(=O)NN=Cc3cc(Br)cc(Br)c3OC(=O)c3ccc(Cl)cc3)c(-c3ccccc3Cl)c2c1. The molecule has 0 bridgehead atoms. The van der Waals surface area contributed by atoms with Crippen molar-refractivity contribution < 1.29 is 19.1 Å². The quantitative estimate of drug-likeness (QED) is 0.0722. The number of aromatic nitrogens is 1. The van der Waals surface area contributed by atoms with E-state index in [4.69, 9.17) is 32.7 Å². The van der Waals surface area contributed by atoms with Crippen molar-refractivity contribution in [3.63, 3.8) is 0 Å². The van der Waals surface area contributed by atoms with E-state index >= 15 is 0 Å². The van der Waals surface area contributed by atoms with E-state index in [0.29, 0.717) is 53.6 Å². The Labute approximate surface area is 268 Å². The molecule has 0 spiro atoms. The summed E-state index contributed by atoms with van der Waals surface area (Å²) in [6.45, 7) is 2.41. The number of carbonyl (C=O) groups is 2. The first kappa shape index (κ1) is 29.8. The van der Waals surface area contributed by atoms with Crippen LogP contribution in [0.3, 0.4) is 0 Å². The number of esters is 1. The molecule has 212 valence electrons. The number of fused-ring (bicyclic) bond motifs is 1. The van der Waals surface area contributed by atoms with Gasteiger partial charge in [-0.2, -0.15) is 5.10 Å². The number of hydrogen-bond donors (Lipinski definition) is 2. The second-order valence-electron chi connectivity index (χ2n) is 8.90. The van der Waals surface area contributed by atoms with Crippen molar-refractivity contribution in [1.29, 1.82) is 0 Å². The number of carbonyl (C=O) groups excluding carboxylic acids is 2. The molecule has 2 N–H and O–H groups in total. The van der Waals surface area contributed by atoms with Gasteiger partial charge in [-0.15, -0.1) is 0 Å². The summed E-state index contributed by atoms with van der Waals surface area (Å²) in [7, 11) is 0. The van der Waals surface area contributed by atoms with Crippen LogP contribution in [0.1, 0.15) is 33.3 Å². The van der Waals surface area contributed by atoms with E-state index in [2.05, 4.69) is 47.4 Å². The maximum Gasteiger partial charge on any atom is 0.343 e. The fourth-order valence-electron chi connectivity index (χ4n) is 4.28. The molecule has 0 atom stereocenters. The third kappa shape index (κ3) is 6.55. The zero-order chi connectivity index (χ0) is 29.8. The molecule has 0 saturated carbocycles. The van der Waals surface area contributed by atoms with Crippen molar-refractivity contribution in [3.05, 3.63) is 115 Å². The first-order valence-corrected chi connectivity index (χ1v) is 14.9. The summed E-state index contributed by atoms with van der Waals surface area (Å²) >= 11 is 19.4. The standard InChI is InChI=1S/C31H21Br2Cl2N3O4/c1-2-41-21-11-12-26-23(15-21)27(22-5-3-4-6-25(22)35)28(37-26)30(39)38-36-16-18-13-19(32)14-24(33)29(18)42-31(40)17-7-9-20(34)10-8-17/h3-16,37H,2H2,1H3,(H,38,39). The lowest BCUT2D eigenvalue weighted by Crippen LogP contribution is -2.19. The first-order chi connectivity index (χ1) is 20.2. The van der Waals surface area contributed by atoms with Gasteiger partial charge in [0.2, 0.25) is 0 Å². The Morgan fingerprint density at radius 3 is 2.50 bits per heavy atom. The Morgan fingerprint density at radius 2 is 1.76 bits per heavy atom. The van der Waals surface area contributed by atoms with E-state index in [1.165, 1.54) is 6.21 Å². The van der Waals surface area contributed by atoms with Gasteiger partial charge in [0.1, 0.15) is 11.4 Å². The van der Waals surface area contributed by atoms with Gasteiger partial charge in [-0.05, 0) is 83.5 Å². The number of nitrogens with zero attached hydrogens (tertiary/aromatic N) is 1. The molecule has 5 aromatic rings. The Kier molecular flexibility index (Phi) is 9.33. The van der Waals surface area contributed by atoms with Gasteiger partial charge < -0.3 is 14.5 Å². The van der Waals surface area contributed by atoms with E-state index < -0.39 is 11.9 Å². The molecule has 0 radical (unpaired) electrons. The molecule has 0 fully saturated rings. The fourth-order valence-corrected chi connectivity index (χ4v) is 5.97. The summed E-state index contributed by atoms with van der Waals surface area (Å²) in [6, 6.07) is 22.6. The predicted molar refractivity (Wildman–Crippen MR) is 173 cm³/mol. The molecule has 5 rings (SSSR count). The summed E-state index contributed by atoms with van der Waals surface area (Å²) in [5.74, 6) is -0.184. The summed E-state index contributed by atoms with van der Waals surface area (Å²) in [4.78, 5) is 29.5. The van der Waals surface area contributed by atoms with E-state index in [9.17, 15) is 9.59 Å². The highest BCUT2D eigenvalue weighted by Gasteiger charge is 2.22. The summed E-state index contributed by atoms with van der Waals surface area (Å²) in [6.07, 6.45) is 1.39. The van der Waals surface area contributed by atoms with Crippen LogP contribution in [0.4, 0.5) is 0 Å². The van der Waals surface area contributed by atoms with Gasteiger partial charge in [-0.25, -0.2) is 10.2 Å². The molecular formula is C31H21Br2Cl2N3O4. The Bertz CT molecular complexity index is 1840. The topological polar surface area (TPSA) is 92.8 Å². The lowest BCUT2D eigenvalue weighted by molar-refractivity contribution is 0.0733. The number of H-pyrrole nitrogens is 1. The van der Waals surface area contributed by atoms with Gasteiger partial charge >= 0.3 is 5.97 Å². The van der Waals surface area contributed by atoms with E-state index in [0.717, 1.165) is 10.9 Å². The number of nitrogens with one attached hydrogen (secondary N) is 2. The van der Waals surface area contributed by atoms with Gasteiger partial charge in [-0.3, -0.25) is 4.79 Å². The number of hydrazone groups is 1. The Morgan fingerprint density at radius 1 is 1.00 bits per heavy atom. The van der Waals surface area contributed by atoms with Gasteiger partial charge in [0.25, 0.3) is 5.91 Å². The maximum absolute atomic E-state index is 13.5. The molecule has 1 amide bonds. The van der Waals surface area contributed by atoms with Gasteiger partial charge in [0, 0.05) is 42.1 Å². The van der Waals surface area contributed by atoms with Crippen LogP contribution in [-0.4, -0.2) is 29.7 Å². The highest BCUT2D eigenvalue weighted by Crippen LogP contribution is 2.38. The van der Waals surface area contributed by atoms with Crippen LogP contribution in [0.5, 0.6) is 11.5 Å². The van der Waals surface area contributed by atoms with Crippen molar-refractivity contribution in [2.45, 2.75) is 6.92 Å². The summed E-state index contributed by atoms with van der Waals surface area (Å²) in [5.41, 5.74) is 5.63. The van der Waals surface area contributed by atoms with Crippen molar-refractivity contribution in [2.24, 2.45) is 5.10 Å². The Hall–Kier alpha value is -3.63. The predicted octanol–water partition coefficient (Wildman–Crippen LogP) is 9.05. The minimum absolute atomic E-state index is 0.224. The van der Waals surface area contributed by atoms with Gasteiger partial charge in [-0.1, -0.05) is 57.3 Å². The normalized spacial score (nSPS) is 11.2. The number of rotatable bonds is 8. The molecule has 42 heavy (non-hydrogen) atoms. The van der Waals surface area contributed by atoms with Crippen LogP contribution >= 0.6 is 55.1 Å². The molecule has 1 heterocycles. The monoisotopic (exact) mass is 727 g/mol. The number of halogens is 4. The highest BCUT2D eigenvalue weighted by molar-refractivity contribution is 9.11. The molecule has 4 aromatic carbocycles. The molecule has 0 unspecified atom stereocenters. The number of benzene rings is 4. The van der Waals surface area contributed by atoms with Crippen molar-refractivity contribution in [1.82, 2.24) is 10.4 Å². The lowest BCUT2D eigenvalue weighted by Gasteiger charge is -2.11. The second kappa shape index (κ2) is 13.1. The fraction of sp³-hybridized carbons (Fsp3) is 0.0645. The minimum atomic E-state index is -0.581. The van der Waals surface area contributed by atoms with Gasteiger partial charge in [0.15, 0.2) is 5.75 Å². The van der Waals surface area contributed by atoms with Crippen LogP contribution < -0.4 is 14.9 Å². The number of amides is 1. The van der Waals surface area contributed by atoms with Crippen LogP contribution in [0.25, 0.3) is 22.0 Å². The lowest BCUT2D eigenvalue weighted by atomic mass is 10.0. The third-order valence-electron chi connectivity index (χ3n) is 6.13. The van der Waals surface area contributed by atoms with Crippen LogP contribution in [0, 0.1) is 0 Å². The van der Waals surface area contributed by atoms with Crippen LogP contribution in [0.2, 0.25) is 10.0 Å². The van der Waals surface area contributed by atoms with E-state index in [1.807, 2.05) is 43.3 Å². The maximum atomic E-state index is 13.5. The molecular weight excluding hydrogens is 709 g/mol. The number of aromatic amines is 1. The van der Waals surface area contributed by atoms with Crippen molar-refractivity contribution in [3.8, 4) is 22.6 Å². The van der Waals surface area contributed by atoms with Crippen molar-refractivity contribution >= 4 is 84.1 Å². The second-order valence-corrected chi connectivity index (χ2v) is 11.5. The largest absolute Gasteiger partial charge is 0.494 e. The average molecular weight is 730 g/mol. The smallest absolute Gasteiger partial charge is 0.343 e. The van der Waals surface area contributed by atoms with E-state index in [1.54, 1.807) is 42.5 Å². The zero-order valence-corrected chi connectivity index (χ0v) is 26.6. The summed E-state index contributed by atoms with van der Waals surface area (Å²) < 4.78 is 12.6. The van der Waals surface area contributed by atoms with Crippen LogP contribution in [0.15, 0.2) is 92.9 Å². The molecule has 0 aliphatic carbocycles. The molecule has 0 aliphatic rings. The van der Waals surface area contributed by atoms with Crippen LogP contribution in [-0.2, 0) is 0 Å². The highest BCUT2D eigenvalue weighted by atomic mass is 79.9. The van der Waals surface area contributed by atoms with E-state index in [-0.39, 0.29) is 11.4 Å². The average Bonchev–Trinajstić information content (AvgIpc) is 3.34. The van der Waals surface area contributed by atoms with Crippen molar-refractivity contribution in [2.75, 3.05) is 6.61 Å². The molecule has 0 saturated heterocycles. The summed E-state index contributed by atoms with van der Waals surface area (Å²) in [5, 5.41) is 5.94. The molecule has 11 heteroatoms. The third-order valence-corrected chi connectivity index (χ3v) is 7.76. The minimum Gasteiger partial charge on any atom is -0.494 e. The first-order valence-electron chi connectivity index (χ1n) is 12.6. The zero-order valence-electron chi connectivity index (χ0n) is 21.9. The van der Waals surface area contributed by atoms with Gasteiger partial charge in [0.05, 0.1) is 22.9 Å². The Balaban J connectivity index is 1.46. The molecule has 1 aromatic heterocycles. The molecule has 0 aliphatic heterocycles. The number of ether oxygens (including phenoxy) is 2. The number of hydrogen-bond acceptors (Lipinski definition) is 5. The molecule has 7 nitrogen and oxygen atoms in total.